The average molecular weight is 281 g/mol. The van der Waals surface area contributed by atoms with Gasteiger partial charge in [-0.3, -0.25) is 0 Å². The number of aliphatic hydroxyl groups is 1. The minimum Gasteiger partial charge on any atom is -0.385 e. The highest BCUT2D eigenvalue weighted by Crippen LogP contribution is 2.34. The molecule has 0 aliphatic carbocycles. The molecule has 0 saturated carbocycles. The van der Waals surface area contributed by atoms with E-state index in [1.807, 2.05) is 30.3 Å². The standard InChI is InChI=1S/C15H20O5/c1-15(2)19-11-9-18-14(12(16)13(11)20-15)17-8-10-6-4-3-5-7-10/h3-7,11-14,16H,8-9H2,1-2H3/t11-,12-,13-,14-/m1/s1/i12D. The first-order valence-electron chi connectivity index (χ1n) is 7.24. The second kappa shape index (κ2) is 5.42. The highest BCUT2D eigenvalue weighted by Gasteiger charge is 2.50. The number of benzene rings is 1. The van der Waals surface area contributed by atoms with Gasteiger partial charge >= 0.3 is 0 Å². The fourth-order valence-electron chi connectivity index (χ4n) is 2.49. The minimum atomic E-state index is -2.01. The molecule has 2 saturated heterocycles. The van der Waals surface area contributed by atoms with E-state index >= 15 is 0 Å². The van der Waals surface area contributed by atoms with Gasteiger partial charge in [0.2, 0.25) is 0 Å². The van der Waals surface area contributed by atoms with Gasteiger partial charge in [-0.2, -0.15) is 0 Å². The molecule has 0 amide bonds. The fraction of sp³-hybridized carbons (Fsp3) is 0.600. The van der Waals surface area contributed by atoms with Crippen molar-refractivity contribution in [2.24, 2.45) is 0 Å². The third-order valence-corrected chi connectivity index (χ3v) is 3.37. The quantitative estimate of drug-likeness (QED) is 0.908. The summed E-state index contributed by atoms with van der Waals surface area (Å²) in [6, 6.07) is 9.54. The van der Waals surface area contributed by atoms with Crippen molar-refractivity contribution >= 4 is 0 Å². The Bertz CT molecular complexity index is 490. The Morgan fingerprint density at radius 2 is 2.10 bits per heavy atom. The second-order valence-electron chi connectivity index (χ2n) is 5.48. The first-order valence-corrected chi connectivity index (χ1v) is 6.74. The van der Waals surface area contributed by atoms with Crippen LogP contribution in [-0.4, -0.2) is 42.1 Å². The second-order valence-corrected chi connectivity index (χ2v) is 5.48. The van der Waals surface area contributed by atoms with Crippen LogP contribution in [0.3, 0.4) is 0 Å². The first-order chi connectivity index (χ1) is 9.88. The van der Waals surface area contributed by atoms with Gasteiger partial charge in [0.15, 0.2) is 12.1 Å². The molecule has 3 rings (SSSR count). The Morgan fingerprint density at radius 1 is 1.35 bits per heavy atom. The molecule has 2 heterocycles. The van der Waals surface area contributed by atoms with Crippen molar-refractivity contribution in [3.05, 3.63) is 35.9 Å². The van der Waals surface area contributed by atoms with Crippen LogP contribution in [0.2, 0.25) is 0 Å². The summed E-state index contributed by atoms with van der Waals surface area (Å²) in [7, 11) is 0. The summed E-state index contributed by atoms with van der Waals surface area (Å²) in [6.45, 7) is 3.99. The zero-order valence-electron chi connectivity index (χ0n) is 12.6. The molecule has 0 bridgehead atoms. The molecule has 110 valence electrons. The van der Waals surface area contributed by atoms with Crippen LogP contribution < -0.4 is 0 Å². The predicted octanol–water partition coefficient (Wildman–Crippen LogP) is 1.44. The van der Waals surface area contributed by atoms with Crippen LogP contribution in [0.4, 0.5) is 0 Å². The molecule has 0 radical (unpaired) electrons. The number of ether oxygens (including phenoxy) is 4. The molecule has 0 spiro atoms. The SMILES string of the molecule is [2H][C@]1(O)[C@H](OCc2ccccc2)OC[C@H]2OC(C)(C)O[C@H]21. The Hall–Kier alpha value is -0.980. The fourth-order valence-corrected chi connectivity index (χ4v) is 2.49. The van der Waals surface area contributed by atoms with Crippen molar-refractivity contribution in [3.8, 4) is 0 Å². The molecule has 20 heavy (non-hydrogen) atoms. The summed E-state index contributed by atoms with van der Waals surface area (Å²) in [5, 5.41) is 10.4. The lowest BCUT2D eigenvalue weighted by molar-refractivity contribution is -0.255. The lowest BCUT2D eigenvalue weighted by atomic mass is 10.1. The van der Waals surface area contributed by atoms with E-state index < -0.39 is 30.4 Å². The molecule has 5 heteroatoms. The molecule has 4 atom stereocenters. The normalized spacial score (nSPS) is 40.1. The van der Waals surface area contributed by atoms with Crippen LogP contribution in [0.5, 0.6) is 0 Å². The van der Waals surface area contributed by atoms with E-state index in [-0.39, 0.29) is 13.2 Å². The highest BCUT2D eigenvalue weighted by molar-refractivity contribution is 5.13. The van der Waals surface area contributed by atoms with Gasteiger partial charge in [-0.15, -0.1) is 0 Å². The van der Waals surface area contributed by atoms with Gasteiger partial charge in [-0.25, -0.2) is 0 Å². The van der Waals surface area contributed by atoms with E-state index in [1.165, 1.54) is 0 Å². The van der Waals surface area contributed by atoms with Crippen molar-refractivity contribution in [1.82, 2.24) is 0 Å². The van der Waals surface area contributed by atoms with Crippen molar-refractivity contribution in [2.45, 2.75) is 50.8 Å². The molecule has 2 aliphatic rings. The van der Waals surface area contributed by atoms with Gasteiger partial charge < -0.3 is 24.1 Å². The topological polar surface area (TPSA) is 57.2 Å². The van der Waals surface area contributed by atoms with Gasteiger partial charge in [0.1, 0.15) is 18.3 Å². The first kappa shape index (κ1) is 12.7. The summed E-state index contributed by atoms with van der Waals surface area (Å²) in [4.78, 5) is 0. The molecular formula is C15H20O5. The van der Waals surface area contributed by atoms with E-state index in [9.17, 15) is 5.11 Å². The zero-order chi connectivity index (χ0) is 15.1. The zero-order valence-corrected chi connectivity index (χ0v) is 11.6. The number of rotatable bonds is 3. The Kier molecular flexibility index (Phi) is 3.45. The number of fused-ring (bicyclic) bond motifs is 1. The molecule has 2 aliphatic heterocycles. The van der Waals surface area contributed by atoms with Crippen molar-refractivity contribution in [1.29, 1.82) is 0 Å². The van der Waals surface area contributed by atoms with Crippen molar-refractivity contribution in [2.75, 3.05) is 6.61 Å². The number of hydrogen-bond donors (Lipinski definition) is 1. The molecule has 5 nitrogen and oxygen atoms in total. The molecule has 1 aromatic rings. The van der Waals surface area contributed by atoms with Gasteiger partial charge in [-0.1, -0.05) is 30.3 Å². The maximum atomic E-state index is 10.4. The van der Waals surface area contributed by atoms with Gasteiger partial charge in [0.05, 0.1) is 14.6 Å². The van der Waals surface area contributed by atoms with Crippen LogP contribution >= 0.6 is 0 Å². The van der Waals surface area contributed by atoms with Gasteiger partial charge in [0.25, 0.3) is 0 Å². The highest BCUT2D eigenvalue weighted by atomic mass is 16.8. The minimum absolute atomic E-state index is 0.231. The third-order valence-electron chi connectivity index (χ3n) is 3.37. The Morgan fingerprint density at radius 3 is 2.85 bits per heavy atom. The van der Waals surface area contributed by atoms with E-state index in [0.29, 0.717) is 0 Å². The summed E-state index contributed by atoms with van der Waals surface area (Å²) in [5.41, 5.74) is 0.947. The summed E-state index contributed by atoms with van der Waals surface area (Å²) < 4.78 is 30.4. The molecule has 0 unspecified atom stereocenters. The van der Waals surface area contributed by atoms with E-state index in [0.717, 1.165) is 5.56 Å². The van der Waals surface area contributed by atoms with Crippen molar-refractivity contribution < 1.29 is 25.4 Å². The molecular weight excluding hydrogens is 260 g/mol. The van der Waals surface area contributed by atoms with Gasteiger partial charge in [-0.05, 0) is 19.4 Å². The largest absolute Gasteiger partial charge is 0.385 e. The summed E-state index contributed by atoms with van der Waals surface area (Å²) in [6.07, 6.45) is -4.33. The Balaban J connectivity index is 1.67. The maximum Gasteiger partial charge on any atom is 0.186 e. The summed E-state index contributed by atoms with van der Waals surface area (Å²) in [5.74, 6) is -0.831. The van der Waals surface area contributed by atoms with Crippen LogP contribution in [0.1, 0.15) is 20.8 Å². The van der Waals surface area contributed by atoms with Crippen LogP contribution in [-0.2, 0) is 25.6 Å². The van der Waals surface area contributed by atoms with E-state index in [4.69, 9.17) is 20.3 Å². The summed E-state index contributed by atoms with van der Waals surface area (Å²) >= 11 is 0. The Labute approximate surface area is 119 Å². The van der Waals surface area contributed by atoms with Crippen molar-refractivity contribution in [3.63, 3.8) is 0 Å². The third kappa shape index (κ3) is 2.87. The molecule has 1 aromatic carbocycles. The van der Waals surface area contributed by atoms with E-state index in [1.54, 1.807) is 13.8 Å². The average Bonchev–Trinajstić information content (AvgIpc) is 2.75. The number of hydrogen-bond acceptors (Lipinski definition) is 5. The van der Waals surface area contributed by atoms with E-state index in [2.05, 4.69) is 0 Å². The van der Waals surface area contributed by atoms with Gasteiger partial charge in [0, 0.05) is 0 Å². The monoisotopic (exact) mass is 281 g/mol. The molecule has 1 N–H and O–H groups in total. The van der Waals surface area contributed by atoms with Crippen LogP contribution in [0.15, 0.2) is 30.3 Å². The molecule has 0 aromatic heterocycles. The lowest BCUT2D eigenvalue weighted by Gasteiger charge is -2.34. The predicted molar refractivity (Wildman–Crippen MR) is 70.8 cm³/mol. The smallest absolute Gasteiger partial charge is 0.186 e. The van der Waals surface area contributed by atoms with Crippen LogP contribution in [0, 0.1) is 0 Å². The maximum absolute atomic E-state index is 10.4. The lowest BCUT2D eigenvalue weighted by Crippen LogP contribution is -2.52. The molecule has 2 fully saturated rings. The van der Waals surface area contributed by atoms with Crippen LogP contribution in [0.25, 0.3) is 0 Å².